The maximum atomic E-state index is 13.4. The first-order valence-electron chi connectivity index (χ1n) is 12.5. The quantitative estimate of drug-likeness (QED) is 0.268. The fraction of sp³-hybridized carbons (Fsp3) is 0.267. The molecule has 0 radical (unpaired) electrons. The molecule has 0 aromatic heterocycles. The molecule has 0 aliphatic carbocycles. The highest BCUT2D eigenvalue weighted by Gasteiger charge is 2.46. The first-order valence-corrected chi connectivity index (χ1v) is 12.5. The molecule has 8 nitrogen and oxygen atoms in total. The molecule has 0 unspecified atom stereocenters. The van der Waals surface area contributed by atoms with Gasteiger partial charge in [0.1, 0.15) is 19.0 Å². The fourth-order valence-corrected chi connectivity index (χ4v) is 4.83. The molecule has 2 aliphatic heterocycles. The number of fused-ring (bicyclic) bond motifs is 1. The molecule has 0 bridgehead atoms. The average molecular weight is 516 g/mol. The molecule has 38 heavy (non-hydrogen) atoms. The Balaban J connectivity index is 1.60. The lowest BCUT2D eigenvalue weighted by atomic mass is 9.94. The Hall–Kier alpha value is -4.46. The summed E-state index contributed by atoms with van der Waals surface area (Å²) in [4.78, 5) is 28.3. The lowest BCUT2D eigenvalue weighted by Crippen LogP contribution is -2.31. The largest absolute Gasteiger partial charge is 0.507 e. The summed E-state index contributed by atoms with van der Waals surface area (Å²) in [5.41, 5.74) is 2.02. The van der Waals surface area contributed by atoms with Crippen molar-refractivity contribution in [1.82, 2.24) is 4.90 Å². The minimum absolute atomic E-state index is 0.00551. The Kier molecular flexibility index (Phi) is 7.22. The molecule has 0 saturated carbocycles. The van der Waals surface area contributed by atoms with Gasteiger partial charge in [0.25, 0.3) is 11.7 Å². The molecule has 3 aromatic rings. The van der Waals surface area contributed by atoms with Gasteiger partial charge >= 0.3 is 0 Å². The van der Waals surface area contributed by atoms with Crippen molar-refractivity contribution < 1.29 is 33.6 Å². The van der Waals surface area contributed by atoms with Crippen LogP contribution in [0.15, 0.2) is 72.3 Å². The first kappa shape index (κ1) is 25.2. The monoisotopic (exact) mass is 515 g/mol. The van der Waals surface area contributed by atoms with Crippen LogP contribution < -0.4 is 18.9 Å². The fourth-order valence-electron chi connectivity index (χ4n) is 4.83. The molecular weight excluding hydrogens is 486 g/mol. The number of hydrogen-bond acceptors (Lipinski definition) is 7. The molecule has 3 aromatic carbocycles. The van der Waals surface area contributed by atoms with Crippen LogP contribution in [0.4, 0.5) is 0 Å². The van der Waals surface area contributed by atoms with Crippen LogP contribution in [0.3, 0.4) is 0 Å². The molecule has 1 amide bonds. The zero-order valence-corrected chi connectivity index (χ0v) is 21.3. The normalized spacial score (nSPS) is 17.9. The van der Waals surface area contributed by atoms with E-state index in [1.54, 1.807) is 36.4 Å². The van der Waals surface area contributed by atoms with Gasteiger partial charge in [0.2, 0.25) is 0 Å². The number of carbonyl (C=O) groups excluding carboxylic acids is 2. The third-order valence-electron chi connectivity index (χ3n) is 6.64. The van der Waals surface area contributed by atoms with Gasteiger partial charge in [-0.3, -0.25) is 9.59 Å². The second kappa shape index (κ2) is 10.9. The minimum Gasteiger partial charge on any atom is -0.507 e. The van der Waals surface area contributed by atoms with Crippen LogP contribution >= 0.6 is 0 Å². The summed E-state index contributed by atoms with van der Waals surface area (Å²) in [6, 6.07) is 19.1. The van der Waals surface area contributed by atoms with Crippen molar-refractivity contribution in [3.05, 3.63) is 89.0 Å². The van der Waals surface area contributed by atoms with E-state index in [1.807, 2.05) is 37.3 Å². The summed E-state index contributed by atoms with van der Waals surface area (Å²) < 4.78 is 22.4. The van der Waals surface area contributed by atoms with Gasteiger partial charge in [-0.25, -0.2) is 0 Å². The molecular formula is C30H29NO7. The Labute approximate surface area is 221 Å². The Morgan fingerprint density at radius 3 is 2.47 bits per heavy atom. The maximum Gasteiger partial charge on any atom is 0.295 e. The van der Waals surface area contributed by atoms with E-state index in [1.165, 1.54) is 12.0 Å². The van der Waals surface area contributed by atoms with Crippen LogP contribution in [0.2, 0.25) is 0 Å². The number of rotatable bonds is 8. The predicted octanol–water partition coefficient (Wildman–Crippen LogP) is 4.53. The lowest BCUT2D eigenvalue weighted by Gasteiger charge is -2.26. The number of carbonyl (C=O) groups is 2. The van der Waals surface area contributed by atoms with E-state index < -0.39 is 17.7 Å². The Bertz CT molecular complexity index is 1380. The number of methoxy groups -OCH3 is 1. The van der Waals surface area contributed by atoms with E-state index in [2.05, 4.69) is 0 Å². The SMILES string of the molecule is CCOc1ccc([C@H]2C(=C(O)c3ccc4c(c3)OCCO4)C(=O)C(=O)N2CCc2ccccc2)cc1OC. The summed E-state index contributed by atoms with van der Waals surface area (Å²) >= 11 is 0. The number of amides is 1. The summed E-state index contributed by atoms with van der Waals surface area (Å²) in [6.45, 7) is 3.43. The van der Waals surface area contributed by atoms with Gasteiger partial charge < -0.3 is 29.0 Å². The number of hydrogen-bond donors (Lipinski definition) is 1. The van der Waals surface area contributed by atoms with E-state index in [0.717, 1.165) is 5.56 Å². The molecule has 1 N–H and O–H groups in total. The van der Waals surface area contributed by atoms with Crippen molar-refractivity contribution in [2.75, 3.05) is 33.5 Å². The number of Topliss-reactive ketones (excluding diaryl/α,β-unsaturated/α-hetero) is 1. The third-order valence-corrected chi connectivity index (χ3v) is 6.64. The van der Waals surface area contributed by atoms with Crippen molar-refractivity contribution in [3.63, 3.8) is 0 Å². The maximum absolute atomic E-state index is 13.4. The Morgan fingerprint density at radius 2 is 1.74 bits per heavy atom. The summed E-state index contributed by atoms with van der Waals surface area (Å²) in [5.74, 6) is 0.354. The molecule has 196 valence electrons. The van der Waals surface area contributed by atoms with Gasteiger partial charge in [-0.2, -0.15) is 0 Å². The molecule has 2 heterocycles. The van der Waals surface area contributed by atoms with E-state index in [0.29, 0.717) is 60.4 Å². The predicted molar refractivity (Wildman–Crippen MR) is 141 cm³/mol. The standard InChI is InChI=1S/C30H29NO7/c1-3-36-22-11-9-20(17-24(22)35-2)27-26(28(32)21-10-12-23-25(18-21)38-16-15-37-23)29(33)30(34)31(27)14-13-19-7-5-4-6-8-19/h4-12,17-18,27,32H,3,13-16H2,1-2H3/t27-/m0/s1. The third kappa shape index (κ3) is 4.77. The molecule has 1 saturated heterocycles. The first-order chi connectivity index (χ1) is 18.5. The van der Waals surface area contributed by atoms with E-state index in [9.17, 15) is 14.7 Å². The lowest BCUT2D eigenvalue weighted by molar-refractivity contribution is -0.139. The Morgan fingerprint density at radius 1 is 0.974 bits per heavy atom. The second-order valence-electron chi connectivity index (χ2n) is 8.93. The number of ketones is 1. The summed E-state index contributed by atoms with van der Waals surface area (Å²) in [7, 11) is 1.53. The minimum atomic E-state index is -0.823. The highest BCUT2D eigenvalue weighted by Crippen LogP contribution is 2.43. The number of aliphatic hydroxyl groups is 1. The van der Waals surface area contributed by atoms with Gasteiger partial charge in [0.05, 0.1) is 25.3 Å². The summed E-state index contributed by atoms with van der Waals surface area (Å²) in [5, 5.41) is 11.4. The van der Waals surface area contributed by atoms with E-state index in [4.69, 9.17) is 18.9 Å². The van der Waals surface area contributed by atoms with Crippen molar-refractivity contribution in [3.8, 4) is 23.0 Å². The molecule has 8 heteroatoms. The van der Waals surface area contributed by atoms with Gasteiger partial charge in [0, 0.05) is 12.1 Å². The number of benzene rings is 3. The zero-order chi connectivity index (χ0) is 26.6. The van der Waals surface area contributed by atoms with E-state index >= 15 is 0 Å². The molecule has 2 aliphatic rings. The molecule has 5 rings (SSSR count). The number of ether oxygens (including phenoxy) is 4. The highest BCUT2D eigenvalue weighted by atomic mass is 16.6. The smallest absolute Gasteiger partial charge is 0.295 e. The van der Waals surface area contributed by atoms with Crippen molar-refractivity contribution in [2.45, 2.75) is 19.4 Å². The van der Waals surface area contributed by atoms with Crippen LogP contribution in [-0.2, 0) is 16.0 Å². The van der Waals surface area contributed by atoms with Gasteiger partial charge in [-0.05, 0) is 54.8 Å². The number of likely N-dealkylation sites (tertiary alicyclic amines) is 1. The van der Waals surface area contributed by atoms with E-state index in [-0.39, 0.29) is 17.9 Å². The van der Waals surface area contributed by atoms with Crippen LogP contribution in [-0.4, -0.2) is 55.2 Å². The van der Waals surface area contributed by atoms with Crippen LogP contribution in [0.25, 0.3) is 5.76 Å². The summed E-state index contributed by atoms with van der Waals surface area (Å²) in [6.07, 6.45) is 0.544. The zero-order valence-electron chi connectivity index (χ0n) is 21.3. The van der Waals surface area contributed by atoms with Crippen molar-refractivity contribution >= 4 is 17.4 Å². The molecule has 0 spiro atoms. The van der Waals surface area contributed by atoms with Crippen LogP contribution in [0.1, 0.15) is 29.7 Å². The number of aliphatic hydroxyl groups excluding tert-OH is 1. The van der Waals surface area contributed by atoms with Crippen LogP contribution in [0.5, 0.6) is 23.0 Å². The highest BCUT2D eigenvalue weighted by molar-refractivity contribution is 6.46. The molecule has 1 fully saturated rings. The number of nitrogens with zero attached hydrogens (tertiary/aromatic N) is 1. The molecule has 1 atom stereocenters. The van der Waals surface area contributed by atoms with Gasteiger partial charge in [-0.15, -0.1) is 0 Å². The van der Waals surface area contributed by atoms with Gasteiger partial charge in [0.15, 0.2) is 23.0 Å². The topological polar surface area (TPSA) is 94.5 Å². The van der Waals surface area contributed by atoms with Crippen molar-refractivity contribution in [2.24, 2.45) is 0 Å². The van der Waals surface area contributed by atoms with Gasteiger partial charge in [-0.1, -0.05) is 36.4 Å². The second-order valence-corrected chi connectivity index (χ2v) is 8.93. The van der Waals surface area contributed by atoms with Crippen LogP contribution in [0, 0.1) is 0 Å². The average Bonchev–Trinajstić information content (AvgIpc) is 3.21. The van der Waals surface area contributed by atoms with Crippen molar-refractivity contribution in [1.29, 1.82) is 0 Å².